The molecule has 5 aliphatic rings. The van der Waals surface area contributed by atoms with Gasteiger partial charge >= 0.3 is 0 Å². The first kappa shape index (κ1) is 26.8. The number of hydrogen-bond donors (Lipinski definition) is 3. The summed E-state index contributed by atoms with van der Waals surface area (Å²) in [6.07, 6.45) is 2.85. The fourth-order valence-corrected chi connectivity index (χ4v) is 8.87. The van der Waals surface area contributed by atoms with Gasteiger partial charge in [0.05, 0.1) is 18.3 Å². The Morgan fingerprint density at radius 2 is 1.70 bits per heavy atom. The molecule has 9 unspecified atom stereocenters. The predicted octanol–water partition coefficient (Wildman–Crippen LogP) is 3.62. The van der Waals surface area contributed by atoms with Crippen molar-refractivity contribution in [1.29, 1.82) is 0 Å². The molecule has 2 aliphatic heterocycles. The van der Waals surface area contributed by atoms with Gasteiger partial charge in [0.15, 0.2) is 11.9 Å². The van der Waals surface area contributed by atoms with Gasteiger partial charge in [0.25, 0.3) is 0 Å². The number of hydrogen-bond acceptors (Lipinski definition) is 7. The van der Waals surface area contributed by atoms with Crippen LogP contribution in [0.5, 0.6) is 0 Å². The second-order valence-electron chi connectivity index (χ2n) is 13.7. The number of aliphatic hydroxyl groups excluding tert-OH is 3. The number of rotatable bonds is 3. The standard InChI is InChI=1S/C30H42O7/c1-15(20-13-23(33)28(4,5)37-20)19-9-8-16(26(35)36-19)24-17(31)12-22-29(24,6)11-10-21-27(2,3)25(34)18(32)14-30(21,22)7/h8,13,18-19,21-22,24-26,32,34-35H,1,9-12,14H2,2-7H3. The summed E-state index contributed by atoms with van der Waals surface area (Å²) in [7, 11) is 0. The van der Waals surface area contributed by atoms with E-state index in [-0.39, 0.29) is 34.2 Å². The smallest absolute Gasteiger partial charge is 0.202 e. The summed E-state index contributed by atoms with van der Waals surface area (Å²) in [4.78, 5) is 25.8. The van der Waals surface area contributed by atoms with E-state index in [2.05, 4.69) is 20.4 Å². The third-order valence-electron chi connectivity index (χ3n) is 10.8. The fraction of sp³-hybridized carbons (Fsp3) is 0.733. The van der Waals surface area contributed by atoms with Crippen molar-refractivity contribution in [3.8, 4) is 0 Å². The third-order valence-corrected chi connectivity index (χ3v) is 10.8. The Kier molecular flexibility index (Phi) is 6.04. The molecule has 5 rings (SSSR count). The Morgan fingerprint density at radius 3 is 2.30 bits per heavy atom. The largest absolute Gasteiger partial charge is 0.479 e. The van der Waals surface area contributed by atoms with Crippen LogP contribution < -0.4 is 0 Å². The van der Waals surface area contributed by atoms with E-state index in [1.165, 1.54) is 6.08 Å². The van der Waals surface area contributed by atoms with Crippen molar-refractivity contribution in [3.05, 3.63) is 35.6 Å². The summed E-state index contributed by atoms with van der Waals surface area (Å²) < 4.78 is 11.8. The first-order valence-corrected chi connectivity index (χ1v) is 13.6. The lowest BCUT2D eigenvalue weighted by Crippen LogP contribution is -2.62. The molecule has 0 spiro atoms. The Morgan fingerprint density at radius 1 is 1.03 bits per heavy atom. The molecule has 0 amide bonds. The predicted molar refractivity (Wildman–Crippen MR) is 137 cm³/mol. The molecule has 0 radical (unpaired) electrons. The van der Waals surface area contributed by atoms with Crippen LogP contribution in [-0.4, -0.2) is 57.1 Å². The molecule has 3 saturated carbocycles. The molecule has 37 heavy (non-hydrogen) atoms. The third kappa shape index (κ3) is 3.75. The number of Topliss-reactive ketones (excluding diaryl/α,β-unsaturated/α-hetero) is 1. The van der Waals surface area contributed by atoms with Gasteiger partial charge in [0, 0.05) is 24.0 Å². The van der Waals surface area contributed by atoms with Gasteiger partial charge in [-0.15, -0.1) is 0 Å². The number of carbonyl (C=O) groups is 2. The van der Waals surface area contributed by atoms with E-state index in [9.17, 15) is 24.9 Å². The Bertz CT molecular complexity index is 1100. The first-order valence-electron chi connectivity index (χ1n) is 13.6. The summed E-state index contributed by atoms with van der Waals surface area (Å²) >= 11 is 0. The minimum atomic E-state index is -1.26. The van der Waals surface area contributed by atoms with Crippen LogP contribution in [0, 0.1) is 34.0 Å². The van der Waals surface area contributed by atoms with Crippen LogP contribution in [0.15, 0.2) is 35.6 Å². The van der Waals surface area contributed by atoms with Crippen molar-refractivity contribution >= 4 is 11.6 Å². The zero-order valence-electron chi connectivity index (χ0n) is 22.9. The Labute approximate surface area is 219 Å². The van der Waals surface area contributed by atoms with Crippen molar-refractivity contribution in [2.45, 2.75) is 104 Å². The molecule has 0 bridgehead atoms. The fourth-order valence-electron chi connectivity index (χ4n) is 8.87. The summed E-state index contributed by atoms with van der Waals surface area (Å²) in [5.74, 6) is 0.0918. The molecule has 3 N–H and O–H groups in total. The van der Waals surface area contributed by atoms with E-state index >= 15 is 0 Å². The van der Waals surface area contributed by atoms with Crippen LogP contribution in [0.4, 0.5) is 0 Å². The number of aliphatic hydroxyl groups is 3. The highest BCUT2D eigenvalue weighted by molar-refractivity contribution is 5.99. The second-order valence-corrected chi connectivity index (χ2v) is 13.7. The highest BCUT2D eigenvalue weighted by Gasteiger charge is 2.68. The highest BCUT2D eigenvalue weighted by atomic mass is 16.6. The highest BCUT2D eigenvalue weighted by Crippen LogP contribution is 2.70. The van der Waals surface area contributed by atoms with Crippen LogP contribution >= 0.6 is 0 Å². The molecule has 9 atom stereocenters. The van der Waals surface area contributed by atoms with Gasteiger partial charge in [-0.25, -0.2) is 0 Å². The quantitative estimate of drug-likeness (QED) is 0.493. The van der Waals surface area contributed by atoms with Crippen LogP contribution in [0.25, 0.3) is 0 Å². The van der Waals surface area contributed by atoms with Gasteiger partial charge in [-0.2, -0.15) is 0 Å². The first-order chi connectivity index (χ1) is 17.0. The maximum Gasteiger partial charge on any atom is 0.202 e. The lowest BCUT2D eigenvalue weighted by Gasteiger charge is -2.63. The maximum absolute atomic E-state index is 13.6. The van der Waals surface area contributed by atoms with Gasteiger partial charge in [0.1, 0.15) is 11.5 Å². The van der Waals surface area contributed by atoms with Crippen LogP contribution in [0.1, 0.15) is 73.6 Å². The maximum atomic E-state index is 13.6. The summed E-state index contributed by atoms with van der Waals surface area (Å²) in [6.45, 7) is 15.9. The Hall–Kier alpha value is -1.80. The van der Waals surface area contributed by atoms with Crippen molar-refractivity contribution < 1.29 is 34.4 Å². The molecular formula is C30H42O7. The van der Waals surface area contributed by atoms with Gasteiger partial charge in [-0.3, -0.25) is 9.59 Å². The van der Waals surface area contributed by atoms with Gasteiger partial charge < -0.3 is 24.8 Å². The molecular weight excluding hydrogens is 472 g/mol. The van der Waals surface area contributed by atoms with Crippen LogP contribution in [-0.2, 0) is 19.1 Å². The summed E-state index contributed by atoms with van der Waals surface area (Å²) in [5, 5.41) is 32.7. The van der Waals surface area contributed by atoms with Crippen molar-refractivity contribution in [3.63, 3.8) is 0 Å². The van der Waals surface area contributed by atoms with Crippen LogP contribution in [0.3, 0.4) is 0 Å². The zero-order chi connectivity index (χ0) is 27.3. The van der Waals surface area contributed by atoms with E-state index in [1.54, 1.807) is 13.8 Å². The van der Waals surface area contributed by atoms with E-state index in [0.717, 1.165) is 12.8 Å². The lowest BCUT2D eigenvalue weighted by atomic mass is 9.42. The molecule has 0 saturated heterocycles. The molecule has 204 valence electrons. The number of ether oxygens (including phenoxy) is 2. The molecule has 0 aromatic rings. The average molecular weight is 515 g/mol. The second kappa shape index (κ2) is 8.35. The zero-order valence-corrected chi connectivity index (χ0v) is 22.9. The topological polar surface area (TPSA) is 113 Å². The number of carbonyl (C=O) groups excluding carboxylic acids is 2. The monoisotopic (exact) mass is 514 g/mol. The van der Waals surface area contributed by atoms with E-state index in [1.807, 2.05) is 19.9 Å². The SMILES string of the molecule is C=C(C1=CC(=O)C(C)(C)O1)C1CC=C(C2C(=O)CC3C2(C)CCC2C(C)(C)C(O)C(O)CC23C)C(O)O1. The van der Waals surface area contributed by atoms with Crippen LogP contribution in [0.2, 0.25) is 0 Å². The van der Waals surface area contributed by atoms with E-state index in [0.29, 0.717) is 36.2 Å². The molecule has 3 aliphatic carbocycles. The van der Waals surface area contributed by atoms with E-state index in [4.69, 9.17) is 9.47 Å². The molecule has 3 fully saturated rings. The molecule has 2 heterocycles. The Balaban J connectivity index is 1.40. The number of ketones is 2. The summed E-state index contributed by atoms with van der Waals surface area (Å²) in [5.41, 5.74) is -0.979. The van der Waals surface area contributed by atoms with Crippen molar-refractivity contribution in [2.75, 3.05) is 0 Å². The van der Waals surface area contributed by atoms with Gasteiger partial charge in [-0.1, -0.05) is 40.3 Å². The minimum absolute atomic E-state index is 0.0313. The van der Waals surface area contributed by atoms with E-state index < -0.39 is 41.5 Å². The molecule has 0 aromatic carbocycles. The normalized spacial score (nSPS) is 46.5. The lowest BCUT2D eigenvalue weighted by molar-refractivity contribution is -0.209. The molecule has 7 heteroatoms. The molecule has 0 aromatic heterocycles. The van der Waals surface area contributed by atoms with Gasteiger partial charge in [0.2, 0.25) is 5.78 Å². The summed E-state index contributed by atoms with van der Waals surface area (Å²) in [6, 6.07) is 0. The number of fused-ring (bicyclic) bond motifs is 3. The average Bonchev–Trinajstić information content (AvgIpc) is 3.23. The molecule has 7 nitrogen and oxygen atoms in total. The van der Waals surface area contributed by atoms with Crippen molar-refractivity contribution in [2.24, 2.45) is 34.0 Å². The minimum Gasteiger partial charge on any atom is -0.479 e. The van der Waals surface area contributed by atoms with Crippen molar-refractivity contribution in [1.82, 2.24) is 0 Å². The van der Waals surface area contributed by atoms with Gasteiger partial charge in [-0.05, 0) is 73.2 Å².